The van der Waals surface area contributed by atoms with Crippen LogP contribution in [0.15, 0.2) is 10.6 Å². The molecule has 1 aromatic rings. The minimum absolute atomic E-state index is 0.191. The Labute approximate surface area is 125 Å². The van der Waals surface area contributed by atoms with E-state index in [0.29, 0.717) is 17.9 Å². The second-order valence-electron chi connectivity index (χ2n) is 5.70. The second-order valence-corrected chi connectivity index (χ2v) is 7.48. The van der Waals surface area contributed by atoms with Crippen molar-refractivity contribution in [2.45, 2.75) is 39.8 Å². The van der Waals surface area contributed by atoms with Gasteiger partial charge in [0.25, 0.3) is 0 Å². The molecule has 1 aromatic heterocycles. The molecule has 0 aromatic carbocycles. The smallest absolute Gasteiger partial charge is 0.240 e. The Morgan fingerprint density at radius 3 is 2.52 bits per heavy atom. The molecular weight excluding hydrogens is 294 g/mol. The first-order chi connectivity index (χ1) is 9.58. The molecule has 1 heterocycles. The maximum atomic E-state index is 12.4. The molecular formula is C13H23N3O4S. The molecule has 0 aliphatic rings. The predicted octanol–water partition coefficient (Wildman–Crippen LogP) is 0.905. The lowest BCUT2D eigenvalue weighted by atomic mass is 10.0. The first-order valence-electron chi connectivity index (χ1n) is 6.73. The Hall–Kier alpha value is -1.41. The molecule has 7 nitrogen and oxygen atoms in total. The van der Waals surface area contributed by atoms with E-state index >= 15 is 0 Å². The third kappa shape index (κ3) is 6.26. The van der Waals surface area contributed by atoms with Crippen LogP contribution in [0, 0.1) is 12.8 Å². The van der Waals surface area contributed by atoms with Gasteiger partial charge in [-0.1, -0.05) is 19.0 Å². The summed E-state index contributed by atoms with van der Waals surface area (Å²) in [6.45, 7) is 5.91. The van der Waals surface area contributed by atoms with Crippen molar-refractivity contribution in [3.8, 4) is 0 Å². The van der Waals surface area contributed by atoms with E-state index in [1.807, 2.05) is 13.8 Å². The fourth-order valence-corrected chi connectivity index (χ4v) is 2.72. The maximum Gasteiger partial charge on any atom is 0.240 e. The van der Waals surface area contributed by atoms with Crippen molar-refractivity contribution in [2.75, 3.05) is 13.3 Å². The van der Waals surface area contributed by atoms with Crippen molar-refractivity contribution in [2.24, 2.45) is 5.92 Å². The summed E-state index contributed by atoms with van der Waals surface area (Å²) in [5.74, 6) is 0.574. The van der Waals surface area contributed by atoms with E-state index in [1.165, 1.54) is 4.90 Å². The zero-order chi connectivity index (χ0) is 16.2. The van der Waals surface area contributed by atoms with Crippen LogP contribution in [0.1, 0.15) is 31.7 Å². The highest BCUT2D eigenvalue weighted by Crippen LogP contribution is 2.11. The summed E-state index contributed by atoms with van der Waals surface area (Å²) >= 11 is 0. The van der Waals surface area contributed by atoms with Gasteiger partial charge in [-0.3, -0.25) is 4.79 Å². The van der Waals surface area contributed by atoms with Crippen molar-refractivity contribution in [3.63, 3.8) is 0 Å². The summed E-state index contributed by atoms with van der Waals surface area (Å²) in [5, 5.41) is 3.83. The molecule has 0 saturated heterocycles. The number of aryl methyl sites for hydroxylation is 1. The van der Waals surface area contributed by atoms with E-state index in [-0.39, 0.29) is 18.4 Å². The summed E-state index contributed by atoms with van der Waals surface area (Å²) < 4.78 is 30.2. The van der Waals surface area contributed by atoms with Crippen LogP contribution in [0.25, 0.3) is 0 Å². The third-order valence-electron chi connectivity index (χ3n) is 2.81. The van der Waals surface area contributed by atoms with E-state index in [2.05, 4.69) is 9.88 Å². The van der Waals surface area contributed by atoms with Crippen molar-refractivity contribution in [3.05, 3.63) is 17.5 Å². The highest BCUT2D eigenvalue weighted by atomic mass is 32.2. The number of carbonyl (C=O) groups is 1. The highest BCUT2D eigenvalue weighted by Gasteiger charge is 2.26. The average Bonchev–Trinajstić information content (AvgIpc) is 2.70. The van der Waals surface area contributed by atoms with E-state index in [0.717, 1.165) is 6.26 Å². The number of carbonyl (C=O) groups excluding carboxylic acids is 1. The van der Waals surface area contributed by atoms with Gasteiger partial charge in [0.2, 0.25) is 15.9 Å². The van der Waals surface area contributed by atoms with Gasteiger partial charge in [0.1, 0.15) is 17.5 Å². The molecule has 0 aliphatic carbocycles. The summed E-state index contributed by atoms with van der Waals surface area (Å²) in [5.41, 5.74) is 0.631. The van der Waals surface area contributed by atoms with Crippen molar-refractivity contribution in [1.82, 2.24) is 14.8 Å². The van der Waals surface area contributed by atoms with Crippen LogP contribution >= 0.6 is 0 Å². The van der Waals surface area contributed by atoms with Crippen LogP contribution in [0.5, 0.6) is 0 Å². The first-order valence-corrected chi connectivity index (χ1v) is 8.62. The minimum atomic E-state index is -3.45. The van der Waals surface area contributed by atoms with Crippen molar-refractivity contribution >= 4 is 15.9 Å². The molecule has 1 atom stereocenters. The highest BCUT2D eigenvalue weighted by molar-refractivity contribution is 7.88. The molecule has 21 heavy (non-hydrogen) atoms. The van der Waals surface area contributed by atoms with Crippen molar-refractivity contribution < 1.29 is 17.7 Å². The van der Waals surface area contributed by atoms with E-state index in [1.54, 1.807) is 20.0 Å². The second kappa shape index (κ2) is 7.04. The maximum absolute atomic E-state index is 12.4. The third-order valence-corrected chi connectivity index (χ3v) is 3.53. The minimum Gasteiger partial charge on any atom is -0.361 e. The Bertz CT molecular complexity index is 580. The van der Waals surface area contributed by atoms with Gasteiger partial charge in [-0.05, 0) is 19.3 Å². The predicted molar refractivity (Wildman–Crippen MR) is 78.9 cm³/mol. The number of aromatic nitrogens is 1. The summed E-state index contributed by atoms with van der Waals surface area (Å²) in [6, 6.07) is 0.976. The average molecular weight is 317 g/mol. The van der Waals surface area contributed by atoms with Gasteiger partial charge in [0.15, 0.2) is 0 Å². The molecule has 1 amide bonds. The Morgan fingerprint density at radius 1 is 1.48 bits per heavy atom. The van der Waals surface area contributed by atoms with Gasteiger partial charge in [-0.15, -0.1) is 0 Å². The quantitative estimate of drug-likeness (QED) is 0.807. The van der Waals surface area contributed by atoms with Gasteiger partial charge in [0, 0.05) is 13.1 Å². The monoisotopic (exact) mass is 317 g/mol. The van der Waals surface area contributed by atoms with Gasteiger partial charge >= 0.3 is 0 Å². The van der Waals surface area contributed by atoms with E-state index in [9.17, 15) is 13.2 Å². The van der Waals surface area contributed by atoms with E-state index < -0.39 is 16.1 Å². The molecule has 0 spiro atoms. The molecule has 0 fully saturated rings. The first kappa shape index (κ1) is 17.6. The number of hydrogen-bond donors (Lipinski definition) is 1. The Kier molecular flexibility index (Phi) is 5.91. The van der Waals surface area contributed by atoms with Gasteiger partial charge in [-0.25, -0.2) is 13.1 Å². The summed E-state index contributed by atoms with van der Waals surface area (Å²) in [4.78, 5) is 13.9. The number of nitrogens with one attached hydrogen (secondary N) is 1. The van der Waals surface area contributed by atoms with Gasteiger partial charge in [0.05, 0.1) is 12.8 Å². The standard InChI is InChI=1S/C13H23N3O4S/c1-9(2)6-12(15-21(5,18)19)13(17)16(4)8-11-7-10(3)20-14-11/h7,9,12,15H,6,8H2,1-5H3. The molecule has 8 heteroatoms. The largest absolute Gasteiger partial charge is 0.361 e. The number of nitrogens with zero attached hydrogens (tertiary/aromatic N) is 2. The molecule has 1 N–H and O–H groups in total. The number of rotatable bonds is 7. The fraction of sp³-hybridized carbons (Fsp3) is 0.692. The van der Waals surface area contributed by atoms with Gasteiger partial charge in [-0.2, -0.15) is 0 Å². The summed E-state index contributed by atoms with van der Waals surface area (Å²) in [6.07, 6.45) is 1.49. The Balaban J connectivity index is 2.78. The fourth-order valence-electron chi connectivity index (χ4n) is 2.01. The lowest BCUT2D eigenvalue weighted by molar-refractivity contribution is -0.132. The molecule has 0 bridgehead atoms. The van der Waals surface area contributed by atoms with Crippen LogP contribution in [0.4, 0.5) is 0 Å². The van der Waals surface area contributed by atoms with Crippen LogP contribution in [-0.2, 0) is 21.4 Å². The van der Waals surface area contributed by atoms with Crippen LogP contribution in [-0.4, -0.2) is 43.7 Å². The number of amides is 1. The van der Waals surface area contributed by atoms with Crippen molar-refractivity contribution in [1.29, 1.82) is 0 Å². The lowest BCUT2D eigenvalue weighted by Crippen LogP contribution is -2.47. The van der Waals surface area contributed by atoms with Crippen LogP contribution in [0.2, 0.25) is 0 Å². The van der Waals surface area contributed by atoms with E-state index in [4.69, 9.17) is 4.52 Å². The molecule has 1 unspecified atom stereocenters. The van der Waals surface area contributed by atoms with Crippen LogP contribution < -0.4 is 4.72 Å². The molecule has 120 valence electrons. The van der Waals surface area contributed by atoms with Crippen LogP contribution in [0.3, 0.4) is 0 Å². The van der Waals surface area contributed by atoms with Gasteiger partial charge < -0.3 is 9.42 Å². The SMILES string of the molecule is Cc1cc(CN(C)C(=O)C(CC(C)C)NS(C)(=O)=O)no1. The topological polar surface area (TPSA) is 92.5 Å². The number of sulfonamides is 1. The molecule has 0 radical (unpaired) electrons. The normalized spacial score (nSPS) is 13.4. The molecule has 1 rings (SSSR count). The number of hydrogen-bond acceptors (Lipinski definition) is 5. The number of likely N-dealkylation sites (N-methyl/N-ethyl adjacent to an activating group) is 1. The zero-order valence-corrected chi connectivity index (χ0v) is 13.9. The summed E-state index contributed by atoms with van der Waals surface area (Å²) in [7, 11) is -1.83. The molecule has 0 aliphatic heterocycles. The Morgan fingerprint density at radius 2 is 2.10 bits per heavy atom. The zero-order valence-electron chi connectivity index (χ0n) is 13.1. The lowest BCUT2D eigenvalue weighted by Gasteiger charge is -2.24. The molecule has 0 saturated carbocycles.